The third kappa shape index (κ3) is 4.27. The molecule has 0 saturated carbocycles. The van der Waals surface area contributed by atoms with Crippen molar-refractivity contribution in [2.45, 2.75) is 18.3 Å². The van der Waals surface area contributed by atoms with Gasteiger partial charge in [0, 0.05) is 6.07 Å². The van der Waals surface area contributed by atoms with Gasteiger partial charge < -0.3 is 9.15 Å². The maximum atomic E-state index is 13.2. The fourth-order valence-corrected chi connectivity index (χ4v) is 2.02. The van der Waals surface area contributed by atoms with E-state index in [1.165, 1.54) is 18.2 Å². The standard InChI is InChI=1S/C16H7F8N3O2/c17-14(18,16(22,23)24)13-27-26-12(29-13)10-5-2-6-11(25-10)28-9-4-1-3-8(7-9)15(19,20)21/h1-7H. The Kier molecular flexibility index (Phi) is 4.92. The summed E-state index contributed by atoms with van der Waals surface area (Å²) in [4.78, 5) is 3.76. The summed E-state index contributed by atoms with van der Waals surface area (Å²) in [5, 5.41) is 5.79. The molecule has 2 aromatic heterocycles. The van der Waals surface area contributed by atoms with Gasteiger partial charge in [0.2, 0.25) is 5.88 Å². The average molecular weight is 425 g/mol. The summed E-state index contributed by atoms with van der Waals surface area (Å²) in [6.07, 6.45) is -10.6. The molecule has 5 nitrogen and oxygen atoms in total. The van der Waals surface area contributed by atoms with Gasteiger partial charge in [-0.25, -0.2) is 4.98 Å². The quantitative estimate of drug-likeness (QED) is 0.510. The van der Waals surface area contributed by atoms with E-state index in [0.717, 1.165) is 18.2 Å². The summed E-state index contributed by atoms with van der Waals surface area (Å²) >= 11 is 0. The molecular weight excluding hydrogens is 418 g/mol. The number of hydrogen-bond donors (Lipinski definition) is 0. The Morgan fingerprint density at radius 2 is 1.52 bits per heavy atom. The second-order valence-electron chi connectivity index (χ2n) is 5.47. The topological polar surface area (TPSA) is 61.0 Å². The number of ether oxygens (including phenoxy) is 1. The van der Waals surface area contributed by atoms with E-state index in [-0.39, 0.29) is 17.3 Å². The van der Waals surface area contributed by atoms with Gasteiger partial charge in [0.1, 0.15) is 11.4 Å². The van der Waals surface area contributed by atoms with Crippen molar-refractivity contribution in [3.05, 3.63) is 53.9 Å². The number of hydrogen-bond acceptors (Lipinski definition) is 5. The van der Waals surface area contributed by atoms with Crippen molar-refractivity contribution < 1.29 is 44.3 Å². The first kappa shape index (κ1) is 20.5. The lowest BCUT2D eigenvalue weighted by atomic mass is 10.2. The fraction of sp³-hybridized carbons (Fsp3) is 0.188. The molecule has 3 rings (SSSR count). The maximum absolute atomic E-state index is 13.2. The van der Waals surface area contributed by atoms with Gasteiger partial charge in [-0.3, -0.25) is 0 Å². The van der Waals surface area contributed by atoms with Crippen molar-refractivity contribution in [2.75, 3.05) is 0 Å². The van der Waals surface area contributed by atoms with Crippen molar-refractivity contribution in [1.82, 2.24) is 15.2 Å². The predicted octanol–water partition coefficient (Wildman–Crippen LogP) is 5.60. The molecule has 0 aliphatic rings. The summed E-state index contributed by atoms with van der Waals surface area (Å²) in [5.41, 5.74) is -1.31. The Bertz CT molecular complexity index is 1010. The van der Waals surface area contributed by atoms with E-state index in [4.69, 9.17) is 4.74 Å². The normalized spacial score (nSPS) is 12.8. The molecule has 0 spiro atoms. The molecule has 0 aliphatic carbocycles. The van der Waals surface area contributed by atoms with E-state index in [9.17, 15) is 35.1 Å². The minimum Gasteiger partial charge on any atom is -0.439 e. The van der Waals surface area contributed by atoms with Gasteiger partial charge in [-0.05, 0) is 24.3 Å². The molecule has 29 heavy (non-hydrogen) atoms. The van der Waals surface area contributed by atoms with Gasteiger partial charge in [0.25, 0.3) is 11.8 Å². The Labute approximate surface area is 155 Å². The largest absolute Gasteiger partial charge is 0.463 e. The minimum atomic E-state index is -5.95. The maximum Gasteiger partial charge on any atom is 0.463 e. The highest BCUT2D eigenvalue weighted by Crippen LogP contribution is 2.43. The molecule has 0 aliphatic heterocycles. The smallest absolute Gasteiger partial charge is 0.439 e. The summed E-state index contributed by atoms with van der Waals surface area (Å²) in [7, 11) is 0. The Balaban J connectivity index is 1.86. The molecule has 0 bridgehead atoms. The second-order valence-corrected chi connectivity index (χ2v) is 5.47. The van der Waals surface area contributed by atoms with Crippen LogP contribution in [0.4, 0.5) is 35.1 Å². The van der Waals surface area contributed by atoms with E-state index in [2.05, 4.69) is 19.6 Å². The van der Waals surface area contributed by atoms with Crippen LogP contribution in [0.2, 0.25) is 0 Å². The molecule has 0 unspecified atom stereocenters. The first-order chi connectivity index (χ1) is 13.4. The molecule has 1 aromatic carbocycles. The Morgan fingerprint density at radius 1 is 0.828 bits per heavy atom. The molecule has 0 atom stereocenters. The third-order valence-corrected chi connectivity index (χ3v) is 3.38. The summed E-state index contributed by atoms with van der Waals surface area (Å²) < 4.78 is 111. The van der Waals surface area contributed by atoms with E-state index < -0.39 is 35.6 Å². The first-order valence-electron chi connectivity index (χ1n) is 7.49. The summed E-state index contributed by atoms with van der Waals surface area (Å²) in [6, 6.07) is 7.41. The van der Waals surface area contributed by atoms with Crippen LogP contribution in [0.5, 0.6) is 11.6 Å². The van der Waals surface area contributed by atoms with E-state index in [1.807, 2.05) is 0 Å². The highest BCUT2D eigenvalue weighted by Gasteiger charge is 2.63. The second kappa shape index (κ2) is 6.97. The van der Waals surface area contributed by atoms with Gasteiger partial charge in [0.05, 0.1) is 5.56 Å². The number of aromatic nitrogens is 3. The molecule has 0 fully saturated rings. The Hall–Kier alpha value is -3.25. The van der Waals surface area contributed by atoms with Gasteiger partial charge in [-0.2, -0.15) is 35.1 Å². The molecular formula is C16H7F8N3O2. The van der Waals surface area contributed by atoms with Gasteiger partial charge >= 0.3 is 18.3 Å². The number of nitrogens with zero attached hydrogens (tertiary/aromatic N) is 3. The summed E-state index contributed by atoms with van der Waals surface area (Å²) in [6.45, 7) is 0. The molecule has 3 aromatic rings. The molecule has 2 heterocycles. The van der Waals surface area contributed by atoms with Crippen LogP contribution in [0, 0.1) is 0 Å². The van der Waals surface area contributed by atoms with Gasteiger partial charge in [-0.15, -0.1) is 10.2 Å². The lowest BCUT2D eigenvalue weighted by Crippen LogP contribution is -2.34. The van der Waals surface area contributed by atoms with Gasteiger partial charge in [0.15, 0.2) is 0 Å². The molecule has 13 heteroatoms. The SMILES string of the molecule is FC(F)(F)c1cccc(Oc2cccc(-c3nnc(C(F)(F)C(F)(F)F)o3)n2)c1. The summed E-state index contributed by atoms with van der Waals surface area (Å²) in [5.74, 6) is -8.64. The number of benzene rings is 1. The van der Waals surface area contributed by atoms with Crippen molar-refractivity contribution in [2.24, 2.45) is 0 Å². The fourth-order valence-electron chi connectivity index (χ4n) is 2.02. The van der Waals surface area contributed by atoms with Crippen LogP contribution in [0.15, 0.2) is 46.9 Å². The molecule has 0 radical (unpaired) electrons. The molecule has 0 amide bonds. The van der Waals surface area contributed by atoms with Crippen LogP contribution < -0.4 is 4.74 Å². The average Bonchev–Trinajstić information content (AvgIpc) is 3.11. The minimum absolute atomic E-state index is 0.237. The van der Waals surface area contributed by atoms with Gasteiger partial charge in [-0.1, -0.05) is 12.1 Å². The van der Waals surface area contributed by atoms with E-state index >= 15 is 0 Å². The van der Waals surface area contributed by atoms with E-state index in [0.29, 0.717) is 6.07 Å². The lowest BCUT2D eigenvalue weighted by Gasteiger charge is -2.14. The monoisotopic (exact) mass is 425 g/mol. The molecule has 0 N–H and O–H groups in total. The third-order valence-electron chi connectivity index (χ3n) is 3.38. The highest BCUT2D eigenvalue weighted by atomic mass is 19.4. The number of rotatable bonds is 4. The van der Waals surface area contributed by atoms with Crippen molar-refractivity contribution >= 4 is 0 Å². The first-order valence-corrected chi connectivity index (χ1v) is 7.49. The van der Waals surface area contributed by atoms with Crippen molar-refractivity contribution in [3.8, 4) is 23.2 Å². The number of pyridine rings is 1. The van der Waals surface area contributed by atoms with Crippen LogP contribution in [0.25, 0.3) is 11.6 Å². The number of alkyl halides is 8. The van der Waals surface area contributed by atoms with Crippen molar-refractivity contribution in [1.29, 1.82) is 0 Å². The van der Waals surface area contributed by atoms with Crippen LogP contribution in [0.3, 0.4) is 0 Å². The van der Waals surface area contributed by atoms with E-state index in [1.54, 1.807) is 0 Å². The number of halogens is 8. The van der Waals surface area contributed by atoms with Crippen LogP contribution in [-0.2, 0) is 12.1 Å². The zero-order valence-electron chi connectivity index (χ0n) is 13.7. The van der Waals surface area contributed by atoms with Crippen molar-refractivity contribution in [3.63, 3.8) is 0 Å². The molecule has 0 saturated heterocycles. The lowest BCUT2D eigenvalue weighted by molar-refractivity contribution is -0.297. The zero-order valence-corrected chi connectivity index (χ0v) is 13.7. The molecule has 154 valence electrons. The van der Waals surface area contributed by atoms with Crippen LogP contribution in [-0.4, -0.2) is 21.4 Å². The predicted molar refractivity (Wildman–Crippen MR) is 79.0 cm³/mol. The highest BCUT2D eigenvalue weighted by molar-refractivity contribution is 5.47. The van der Waals surface area contributed by atoms with Crippen LogP contribution in [0.1, 0.15) is 11.5 Å². The Morgan fingerprint density at radius 3 is 2.17 bits per heavy atom. The van der Waals surface area contributed by atoms with Crippen LogP contribution >= 0.6 is 0 Å². The zero-order chi connectivity index (χ0) is 21.4.